The fraction of sp³-hybridized carbons (Fsp3) is 0.809. The Morgan fingerprint density at radius 1 is 0.511 bits per heavy atom. The first-order valence-corrected chi connectivity index (χ1v) is 34.1. The molecule has 2 aliphatic rings. The number of aliphatic hydroxyl groups excluding tert-OH is 1. The van der Waals surface area contributed by atoms with Crippen molar-refractivity contribution in [3.63, 3.8) is 0 Å². The number of unbranched alkanes of at least 4 members (excludes halogenated alkanes) is 1. The number of likely N-dealkylation sites (N-methyl/N-ethyl adjacent to an activating group) is 6. The van der Waals surface area contributed by atoms with Gasteiger partial charge in [-0.25, -0.2) is 0 Å². The maximum absolute atomic E-state index is 15.2. The lowest BCUT2D eigenvalue weighted by molar-refractivity contribution is -0.156. The van der Waals surface area contributed by atoms with Gasteiger partial charge in [0.25, 0.3) is 0 Å². The minimum absolute atomic E-state index is 0.00936. The number of nitrogens with one attached hydrogen (secondary N) is 5. The molecule has 6 N–H and O–H groups in total. The Morgan fingerprint density at radius 3 is 1.51 bits per heavy atom. The molecule has 0 radical (unpaired) electrons. The number of hydrogen-bond donors (Lipinski definition) is 6. The second-order valence-corrected chi connectivity index (χ2v) is 28.1. The lowest BCUT2D eigenvalue weighted by atomic mass is 9.91. The van der Waals surface area contributed by atoms with Crippen LogP contribution in [-0.4, -0.2) is 265 Å². The summed E-state index contributed by atoms with van der Waals surface area (Å²) in [6.45, 7) is 33.0. The second kappa shape index (κ2) is 39.7. The smallest absolute Gasteiger partial charge is 0.246 e. The Labute approximate surface area is 561 Å². The molecule has 0 unspecified atom stereocenters. The quantitative estimate of drug-likeness (QED) is 0.0755. The summed E-state index contributed by atoms with van der Waals surface area (Å²) in [7, 11) is 8.43. The third-order valence-corrected chi connectivity index (χ3v) is 18.1. The summed E-state index contributed by atoms with van der Waals surface area (Å²) in [5.41, 5.74) is 0. The van der Waals surface area contributed by atoms with Crippen LogP contribution in [-0.2, 0) is 62.2 Å². The van der Waals surface area contributed by atoms with Crippen molar-refractivity contribution in [1.29, 1.82) is 0 Å². The zero-order valence-corrected chi connectivity index (χ0v) is 61.2. The second-order valence-electron chi connectivity index (χ2n) is 28.1. The van der Waals surface area contributed by atoms with Crippen molar-refractivity contribution in [2.24, 2.45) is 35.5 Å². The molecule has 2 saturated heterocycles. The number of allylic oxidation sites excluding steroid dienone is 2. The summed E-state index contributed by atoms with van der Waals surface area (Å²) in [4.78, 5) is 172. The first-order valence-electron chi connectivity index (χ1n) is 34.1. The minimum atomic E-state index is -1.64. The molecule has 2 aliphatic heterocycles. The van der Waals surface area contributed by atoms with E-state index in [9.17, 15) is 38.7 Å². The molecule has 0 saturated carbocycles. The summed E-state index contributed by atoms with van der Waals surface area (Å²) >= 11 is 0. The molecule has 0 aromatic rings. The number of amides is 11. The van der Waals surface area contributed by atoms with Gasteiger partial charge in [0.1, 0.15) is 66.5 Å². The maximum atomic E-state index is 15.2. The zero-order chi connectivity index (χ0) is 71.9. The number of carbonyl (C=O) groups excluding carboxylic acids is 11. The summed E-state index contributed by atoms with van der Waals surface area (Å²) in [5.74, 6) is -10.2. The van der Waals surface area contributed by atoms with E-state index in [0.717, 1.165) is 35.9 Å². The van der Waals surface area contributed by atoms with E-state index in [2.05, 4.69) is 31.5 Å². The summed E-state index contributed by atoms with van der Waals surface area (Å²) in [6.07, 6.45) is 3.14. The van der Waals surface area contributed by atoms with Crippen molar-refractivity contribution in [2.75, 3.05) is 81.7 Å². The summed E-state index contributed by atoms with van der Waals surface area (Å²) in [5, 5.41) is 26.0. The Balaban J connectivity index is 2.98. The molecule has 14 atom stereocenters. The van der Waals surface area contributed by atoms with Crippen LogP contribution >= 0.6 is 0 Å². The predicted octanol–water partition coefficient (Wildman–Crippen LogP) is 2.79. The van der Waals surface area contributed by atoms with E-state index in [0.29, 0.717) is 26.1 Å². The van der Waals surface area contributed by atoms with Crippen molar-refractivity contribution < 1.29 is 67.3 Å². The first-order chi connectivity index (χ1) is 43.8. The Morgan fingerprint density at radius 2 is 0.989 bits per heavy atom. The lowest BCUT2D eigenvalue weighted by Crippen LogP contribution is -2.64. The number of morpholine rings is 1. The highest BCUT2D eigenvalue weighted by Gasteiger charge is 2.46. The predicted molar refractivity (Wildman–Crippen MR) is 361 cm³/mol. The van der Waals surface area contributed by atoms with Crippen LogP contribution in [0.5, 0.6) is 0 Å². The van der Waals surface area contributed by atoms with Gasteiger partial charge in [0.15, 0.2) is 0 Å². The summed E-state index contributed by atoms with van der Waals surface area (Å²) < 4.78 is 11.8. The van der Waals surface area contributed by atoms with Crippen LogP contribution in [0.3, 0.4) is 0 Å². The fourth-order valence-electron chi connectivity index (χ4n) is 12.0. The maximum Gasteiger partial charge on any atom is 0.246 e. The van der Waals surface area contributed by atoms with Crippen molar-refractivity contribution in [1.82, 2.24) is 60.9 Å². The number of ether oxygens (including phenoxy) is 2. The molecule has 2 fully saturated rings. The largest absolute Gasteiger partial charge is 0.390 e. The fourth-order valence-corrected chi connectivity index (χ4v) is 12.0. The SMILES string of the molecule is C/C=C/C[C@@H](C)[C@@H](O)[C@H]1C(=O)N[C@@H](CC)C(=O)N(C)[C@H](C)C(=O)N(C)[C@@H]([C@@H](C)OCCCCN2CCOCC2)C(=O)N[C@@H](C(C)C)C(=O)N(C)[C@@H](CC(C)C)C(=O)N[C@@H](C)C(=O)N[C@H](C)C(=O)N[C@@H](CC(C)C)C(=O)N(C)[C@@H](CC(C)C)C(=O)N(C)[C@@H](C(C)C)C(=O)N1C. The number of hydrogen-bond acceptors (Lipinski definition) is 15. The van der Waals surface area contributed by atoms with Crippen LogP contribution in [0.4, 0.5) is 0 Å². The van der Waals surface area contributed by atoms with Gasteiger partial charge in [-0.1, -0.05) is 95.2 Å². The molecule has 26 heteroatoms. The molecular formula is C68H122N12O14. The normalized spacial score (nSPS) is 27.6. The first kappa shape index (κ1) is 83.8. The van der Waals surface area contributed by atoms with E-state index < -0.39 is 161 Å². The monoisotopic (exact) mass is 1330 g/mol. The lowest BCUT2D eigenvalue weighted by Gasteiger charge is -2.41. The molecule has 0 aromatic carbocycles. The highest BCUT2D eigenvalue weighted by molar-refractivity contribution is 6.00. The minimum Gasteiger partial charge on any atom is -0.390 e. The van der Waals surface area contributed by atoms with Crippen LogP contribution in [0.1, 0.15) is 163 Å². The van der Waals surface area contributed by atoms with E-state index in [4.69, 9.17) is 9.47 Å². The van der Waals surface area contributed by atoms with E-state index in [1.165, 1.54) is 82.7 Å². The molecule has 94 heavy (non-hydrogen) atoms. The number of nitrogens with zero attached hydrogens (tertiary/aromatic N) is 7. The van der Waals surface area contributed by atoms with E-state index in [1.54, 1.807) is 67.5 Å². The van der Waals surface area contributed by atoms with Gasteiger partial charge >= 0.3 is 0 Å². The number of rotatable bonds is 20. The third-order valence-electron chi connectivity index (χ3n) is 18.1. The molecule has 538 valence electrons. The van der Waals surface area contributed by atoms with Crippen LogP contribution in [0.15, 0.2) is 12.2 Å². The van der Waals surface area contributed by atoms with Crippen molar-refractivity contribution in [2.45, 2.75) is 241 Å². The van der Waals surface area contributed by atoms with Crippen molar-refractivity contribution >= 4 is 65.0 Å². The molecule has 0 spiro atoms. The van der Waals surface area contributed by atoms with Gasteiger partial charge in [-0.2, -0.15) is 0 Å². The van der Waals surface area contributed by atoms with Gasteiger partial charge in [-0.05, 0) is 122 Å². The molecule has 2 rings (SSSR count). The number of aliphatic hydroxyl groups is 1. The topological polar surface area (TPSA) is 309 Å². The summed E-state index contributed by atoms with van der Waals surface area (Å²) in [6, 6.07) is -14.2. The van der Waals surface area contributed by atoms with Crippen LogP contribution in [0.25, 0.3) is 0 Å². The van der Waals surface area contributed by atoms with Gasteiger partial charge in [-0.15, -0.1) is 0 Å². The van der Waals surface area contributed by atoms with Gasteiger partial charge in [0.2, 0.25) is 65.0 Å². The average Bonchev–Trinajstić information content (AvgIpc) is 0.820. The average molecular weight is 1330 g/mol. The molecule has 0 aromatic heterocycles. The van der Waals surface area contributed by atoms with Crippen LogP contribution in [0.2, 0.25) is 0 Å². The van der Waals surface area contributed by atoms with Gasteiger partial charge < -0.3 is 70.6 Å². The van der Waals surface area contributed by atoms with Gasteiger partial charge in [0, 0.05) is 62.0 Å². The standard InChI is InChI=1S/C68H122N12O14/c1-24-26-29-44(13)57(81)56-62(86)71-49(25-2)64(88)74(18)47(16)63(87)78(22)55(48(17)94-33-28-27-30-80-31-34-93-35-32-80)61(85)73-53(42(9)10)67(91)75(19)51(37-40(5)6)60(84)70-45(14)58(82)69-46(15)59(83)72-50(36-39(3)4)65(89)76(20)52(38-41(7)8)66(90)77(21)54(43(11)12)68(92)79(56)23/h24,26,39-57,81H,25,27-38H2,1-23H3,(H,69,82)(H,70,84)(H,71,86)(H,72,83)(H,73,85)/b26-24+/t44-,45+,46-,47-,48-,49+,50+,51+,52+,53+,54+,55+,56+,57-/m1/s1. The van der Waals surface area contributed by atoms with Gasteiger partial charge in [-0.3, -0.25) is 57.6 Å². The highest BCUT2D eigenvalue weighted by atomic mass is 16.5. The van der Waals surface area contributed by atoms with Crippen molar-refractivity contribution in [3.8, 4) is 0 Å². The number of carbonyl (C=O) groups is 11. The van der Waals surface area contributed by atoms with Gasteiger partial charge in [0.05, 0.1) is 25.4 Å². The molecular weight excluding hydrogens is 1210 g/mol. The Kier molecular flexibility index (Phi) is 35.4. The Hall–Kier alpha value is -6.25. The highest BCUT2D eigenvalue weighted by Crippen LogP contribution is 2.25. The van der Waals surface area contributed by atoms with Crippen molar-refractivity contribution in [3.05, 3.63) is 12.2 Å². The third kappa shape index (κ3) is 24.1. The van der Waals surface area contributed by atoms with E-state index in [1.807, 2.05) is 41.5 Å². The van der Waals surface area contributed by atoms with E-state index >= 15 is 19.2 Å². The molecule has 2 heterocycles. The molecule has 11 amide bonds. The molecule has 26 nitrogen and oxygen atoms in total. The van der Waals surface area contributed by atoms with Crippen LogP contribution in [0, 0.1) is 35.5 Å². The van der Waals surface area contributed by atoms with E-state index in [-0.39, 0.29) is 50.0 Å². The zero-order valence-electron chi connectivity index (χ0n) is 61.2. The molecule has 0 aliphatic carbocycles. The van der Waals surface area contributed by atoms with Crippen LogP contribution < -0.4 is 26.6 Å². The Bertz CT molecular complexity index is 2540. The molecule has 0 bridgehead atoms.